The number of benzene rings is 8. The van der Waals surface area contributed by atoms with Gasteiger partial charge in [0.1, 0.15) is 22.7 Å². The number of hydrogen-bond acceptors (Lipinski definition) is 4. The highest BCUT2D eigenvalue weighted by Gasteiger charge is 2.51. The standard InChI is InChI=1S/C53H32N2O2/c1-2-13-33(14-3-1)46-32-47(36-25-27-41-40-19-6-10-23-48(40)56-51(41)31-36)55-52(54-46)37-16-12-15-34(29-37)35-26-28-50-45(30-35)53(44-22-9-11-24-49(44)57-50)42-20-7-4-17-38(42)39-18-5-8-21-43(39)53/h1-32H. The molecule has 3 heterocycles. The zero-order valence-corrected chi connectivity index (χ0v) is 30.7. The van der Waals surface area contributed by atoms with E-state index in [0.717, 1.165) is 83.8 Å². The molecule has 1 aliphatic carbocycles. The number of ether oxygens (including phenoxy) is 1. The maximum Gasteiger partial charge on any atom is 0.160 e. The van der Waals surface area contributed by atoms with E-state index < -0.39 is 5.41 Å². The van der Waals surface area contributed by atoms with Crippen molar-refractivity contribution in [1.29, 1.82) is 0 Å². The summed E-state index contributed by atoms with van der Waals surface area (Å²) in [5, 5.41) is 2.19. The Hall–Kier alpha value is -7.56. The van der Waals surface area contributed by atoms with Gasteiger partial charge in [-0.3, -0.25) is 0 Å². The number of rotatable bonds is 4. The molecule has 0 fully saturated rings. The maximum absolute atomic E-state index is 6.71. The third-order valence-electron chi connectivity index (χ3n) is 11.8. The third-order valence-corrected chi connectivity index (χ3v) is 11.8. The molecule has 4 heteroatoms. The molecular formula is C53H32N2O2. The van der Waals surface area contributed by atoms with Crippen LogP contribution >= 0.6 is 0 Å². The van der Waals surface area contributed by atoms with Crippen LogP contribution < -0.4 is 4.74 Å². The van der Waals surface area contributed by atoms with E-state index in [1.807, 2.05) is 36.4 Å². The van der Waals surface area contributed by atoms with Gasteiger partial charge >= 0.3 is 0 Å². The van der Waals surface area contributed by atoms with Gasteiger partial charge in [-0.15, -0.1) is 0 Å². The first-order valence-corrected chi connectivity index (χ1v) is 19.3. The van der Waals surface area contributed by atoms with Crippen molar-refractivity contribution in [2.24, 2.45) is 0 Å². The lowest BCUT2D eigenvalue weighted by Gasteiger charge is -2.39. The molecule has 57 heavy (non-hydrogen) atoms. The minimum absolute atomic E-state index is 0.534. The van der Waals surface area contributed by atoms with Crippen molar-refractivity contribution >= 4 is 21.9 Å². The topological polar surface area (TPSA) is 48.2 Å². The quantitative estimate of drug-likeness (QED) is 0.181. The van der Waals surface area contributed by atoms with Gasteiger partial charge in [0.25, 0.3) is 0 Å². The monoisotopic (exact) mass is 728 g/mol. The van der Waals surface area contributed by atoms with E-state index in [0.29, 0.717) is 5.82 Å². The summed E-state index contributed by atoms with van der Waals surface area (Å²) >= 11 is 0. The van der Waals surface area contributed by atoms with Gasteiger partial charge in [0.15, 0.2) is 5.82 Å². The predicted molar refractivity (Wildman–Crippen MR) is 228 cm³/mol. The van der Waals surface area contributed by atoms with E-state index in [1.165, 1.54) is 22.3 Å². The fraction of sp³-hybridized carbons (Fsp3) is 0.0189. The summed E-state index contributed by atoms with van der Waals surface area (Å²) in [5.41, 5.74) is 15.3. The van der Waals surface area contributed by atoms with Crippen LogP contribution in [-0.2, 0) is 5.41 Å². The Balaban J connectivity index is 1.02. The number of nitrogens with zero attached hydrogens (tertiary/aromatic N) is 2. The van der Waals surface area contributed by atoms with E-state index in [-0.39, 0.29) is 0 Å². The second-order valence-electron chi connectivity index (χ2n) is 14.9. The van der Waals surface area contributed by atoms with Crippen molar-refractivity contribution in [1.82, 2.24) is 9.97 Å². The van der Waals surface area contributed by atoms with Gasteiger partial charge in [-0.2, -0.15) is 0 Å². The Morgan fingerprint density at radius 1 is 0.351 bits per heavy atom. The molecule has 2 aliphatic rings. The highest BCUT2D eigenvalue weighted by Crippen LogP contribution is 2.62. The molecule has 1 spiro atoms. The molecule has 8 aromatic carbocycles. The summed E-state index contributed by atoms with van der Waals surface area (Å²) in [4.78, 5) is 10.4. The Morgan fingerprint density at radius 3 is 1.77 bits per heavy atom. The van der Waals surface area contributed by atoms with Crippen LogP contribution in [0.15, 0.2) is 199 Å². The van der Waals surface area contributed by atoms with Crippen molar-refractivity contribution in [2.75, 3.05) is 0 Å². The molecule has 0 saturated carbocycles. The van der Waals surface area contributed by atoms with Crippen LogP contribution in [0.4, 0.5) is 0 Å². The molecule has 1 aliphatic heterocycles. The van der Waals surface area contributed by atoms with Crippen LogP contribution in [0.2, 0.25) is 0 Å². The van der Waals surface area contributed by atoms with Gasteiger partial charge < -0.3 is 9.15 Å². The van der Waals surface area contributed by atoms with Gasteiger partial charge in [-0.1, -0.05) is 146 Å². The van der Waals surface area contributed by atoms with Crippen molar-refractivity contribution in [3.05, 3.63) is 216 Å². The summed E-state index contributed by atoms with van der Waals surface area (Å²) in [6.07, 6.45) is 0. The van der Waals surface area contributed by atoms with Gasteiger partial charge in [0.2, 0.25) is 0 Å². The first kappa shape index (κ1) is 31.8. The Labute approximate surface area is 329 Å². The average molecular weight is 729 g/mol. The molecule has 0 saturated heterocycles. The van der Waals surface area contributed by atoms with E-state index in [9.17, 15) is 0 Å². The predicted octanol–water partition coefficient (Wildman–Crippen LogP) is 13.5. The van der Waals surface area contributed by atoms with E-state index in [4.69, 9.17) is 19.1 Å². The number of hydrogen-bond donors (Lipinski definition) is 0. The normalized spacial score (nSPS) is 13.2. The number of furan rings is 1. The van der Waals surface area contributed by atoms with Crippen molar-refractivity contribution < 1.29 is 9.15 Å². The largest absolute Gasteiger partial charge is 0.457 e. The summed E-state index contributed by atoms with van der Waals surface area (Å²) in [6, 6.07) is 68.3. The van der Waals surface area contributed by atoms with Crippen LogP contribution in [0.25, 0.3) is 78.1 Å². The molecule has 0 amide bonds. The lowest BCUT2D eigenvalue weighted by molar-refractivity contribution is 0.436. The summed E-state index contributed by atoms with van der Waals surface area (Å²) in [7, 11) is 0. The minimum Gasteiger partial charge on any atom is -0.457 e. The van der Waals surface area contributed by atoms with Crippen molar-refractivity contribution in [3.63, 3.8) is 0 Å². The molecule has 0 atom stereocenters. The first-order valence-electron chi connectivity index (χ1n) is 19.3. The second kappa shape index (κ2) is 12.2. The molecule has 0 bridgehead atoms. The highest BCUT2D eigenvalue weighted by molar-refractivity contribution is 6.05. The SMILES string of the molecule is c1ccc(-c2cc(-c3ccc4c(c3)oc3ccccc34)nc(-c3cccc(-c4ccc5c(c4)C4(c6ccccc6O5)c5ccccc5-c5ccccc54)c3)n2)cc1. The third kappa shape index (κ3) is 4.74. The van der Waals surface area contributed by atoms with Crippen molar-refractivity contribution in [3.8, 4) is 67.7 Å². The fourth-order valence-corrected chi connectivity index (χ4v) is 9.24. The smallest absolute Gasteiger partial charge is 0.160 e. The first-order chi connectivity index (χ1) is 28.2. The number of para-hydroxylation sites is 2. The van der Waals surface area contributed by atoms with Crippen LogP contribution in [-0.4, -0.2) is 9.97 Å². The lowest BCUT2D eigenvalue weighted by atomic mass is 9.66. The lowest BCUT2D eigenvalue weighted by Crippen LogP contribution is -2.32. The summed E-state index contributed by atoms with van der Waals surface area (Å²) < 4.78 is 13.0. The molecule has 10 aromatic rings. The van der Waals surface area contributed by atoms with E-state index in [1.54, 1.807) is 0 Å². The molecule has 0 unspecified atom stereocenters. The average Bonchev–Trinajstić information content (AvgIpc) is 3.80. The Kier molecular flexibility index (Phi) is 6.81. The summed E-state index contributed by atoms with van der Waals surface area (Å²) in [6.45, 7) is 0. The van der Waals surface area contributed by atoms with Crippen LogP contribution in [0.3, 0.4) is 0 Å². The zero-order valence-electron chi connectivity index (χ0n) is 30.7. The number of aromatic nitrogens is 2. The van der Waals surface area contributed by atoms with E-state index >= 15 is 0 Å². The maximum atomic E-state index is 6.71. The second-order valence-corrected chi connectivity index (χ2v) is 14.9. The van der Waals surface area contributed by atoms with Gasteiger partial charge in [0.05, 0.1) is 16.8 Å². The Morgan fingerprint density at radius 2 is 0.947 bits per heavy atom. The molecule has 266 valence electrons. The molecule has 2 aromatic heterocycles. The Bertz CT molecular complexity index is 3190. The zero-order chi connectivity index (χ0) is 37.5. The van der Waals surface area contributed by atoms with Crippen LogP contribution in [0, 0.1) is 0 Å². The molecule has 0 N–H and O–H groups in total. The van der Waals surface area contributed by atoms with Crippen LogP contribution in [0.5, 0.6) is 11.5 Å². The fourth-order valence-electron chi connectivity index (χ4n) is 9.24. The van der Waals surface area contributed by atoms with Crippen molar-refractivity contribution in [2.45, 2.75) is 5.41 Å². The van der Waals surface area contributed by atoms with E-state index in [2.05, 4.69) is 158 Å². The van der Waals surface area contributed by atoms with Crippen LogP contribution in [0.1, 0.15) is 22.3 Å². The molecular weight excluding hydrogens is 697 g/mol. The van der Waals surface area contributed by atoms with Gasteiger partial charge in [0, 0.05) is 38.6 Å². The number of fused-ring (bicyclic) bond motifs is 12. The summed E-state index contributed by atoms with van der Waals surface area (Å²) in [5.74, 6) is 2.41. The molecule has 0 radical (unpaired) electrons. The molecule has 12 rings (SSSR count). The highest BCUT2D eigenvalue weighted by atomic mass is 16.5. The van der Waals surface area contributed by atoms with Gasteiger partial charge in [-0.05, 0) is 81.9 Å². The minimum atomic E-state index is -0.534. The molecule has 4 nitrogen and oxygen atoms in total. The van der Waals surface area contributed by atoms with Gasteiger partial charge in [-0.25, -0.2) is 9.97 Å².